The topological polar surface area (TPSA) is 67.3 Å². The molecule has 2 aromatic rings. The molecule has 1 unspecified atom stereocenters. The monoisotopic (exact) mass is 388 g/mol. The Balaban J connectivity index is 1.60. The van der Waals surface area contributed by atoms with Crippen molar-refractivity contribution >= 4 is 29.0 Å². The molecular formula is C20H25ClN4O2. The molecule has 1 aliphatic heterocycles. The van der Waals surface area contributed by atoms with Crippen LogP contribution in [0.4, 0.5) is 11.5 Å². The smallest absolute Gasteiger partial charge is 0.229 e. The standard InChI is InChI=1S/C20H25ClN4O2/c1-14(2)13-27-18-6-5-16(10-17(18)21)24-20(26)15-4-3-9-25(12-15)19-11-22-7-8-23-19/h5-8,10-11,14-15H,3-4,9,12-13H2,1-2H3,(H,24,26). The van der Waals surface area contributed by atoms with Crippen LogP contribution < -0.4 is 15.0 Å². The second-order valence-electron chi connectivity index (χ2n) is 7.19. The van der Waals surface area contributed by atoms with Crippen LogP contribution >= 0.6 is 11.6 Å². The second-order valence-corrected chi connectivity index (χ2v) is 7.60. The lowest BCUT2D eigenvalue weighted by atomic mass is 9.97. The zero-order valence-electron chi connectivity index (χ0n) is 15.7. The maximum Gasteiger partial charge on any atom is 0.229 e. The fraction of sp³-hybridized carbons (Fsp3) is 0.450. The van der Waals surface area contributed by atoms with Gasteiger partial charge in [0.2, 0.25) is 5.91 Å². The van der Waals surface area contributed by atoms with Gasteiger partial charge in [0.1, 0.15) is 11.6 Å². The molecule has 1 aliphatic rings. The second kappa shape index (κ2) is 9.04. The van der Waals surface area contributed by atoms with E-state index in [1.807, 2.05) is 6.07 Å². The number of nitrogens with one attached hydrogen (secondary N) is 1. The number of aromatic nitrogens is 2. The lowest BCUT2D eigenvalue weighted by molar-refractivity contribution is -0.120. The van der Waals surface area contributed by atoms with E-state index in [0.29, 0.717) is 35.5 Å². The van der Waals surface area contributed by atoms with Gasteiger partial charge >= 0.3 is 0 Å². The molecule has 0 radical (unpaired) electrons. The Bertz CT molecular complexity index is 770. The third kappa shape index (κ3) is 5.32. The van der Waals surface area contributed by atoms with E-state index in [2.05, 4.69) is 34.0 Å². The van der Waals surface area contributed by atoms with Crippen molar-refractivity contribution in [2.24, 2.45) is 11.8 Å². The Morgan fingerprint density at radius 1 is 1.41 bits per heavy atom. The highest BCUT2D eigenvalue weighted by Crippen LogP contribution is 2.29. The normalized spacial score (nSPS) is 17.0. The van der Waals surface area contributed by atoms with Gasteiger partial charge in [-0.15, -0.1) is 0 Å². The lowest BCUT2D eigenvalue weighted by Gasteiger charge is -2.32. The first-order valence-electron chi connectivity index (χ1n) is 9.27. The van der Waals surface area contributed by atoms with Gasteiger partial charge in [0, 0.05) is 31.2 Å². The molecule has 1 saturated heterocycles. The molecule has 1 fully saturated rings. The van der Waals surface area contributed by atoms with Gasteiger partial charge in [-0.3, -0.25) is 9.78 Å². The van der Waals surface area contributed by atoms with Gasteiger partial charge in [-0.1, -0.05) is 25.4 Å². The van der Waals surface area contributed by atoms with E-state index in [1.165, 1.54) is 0 Å². The first-order chi connectivity index (χ1) is 13.0. The summed E-state index contributed by atoms with van der Waals surface area (Å²) in [5, 5.41) is 3.47. The molecule has 144 valence electrons. The number of benzene rings is 1. The van der Waals surface area contributed by atoms with E-state index < -0.39 is 0 Å². The molecule has 6 nitrogen and oxygen atoms in total. The van der Waals surface area contributed by atoms with E-state index in [0.717, 1.165) is 25.2 Å². The van der Waals surface area contributed by atoms with Crippen LogP contribution in [0.15, 0.2) is 36.8 Å². The van der Waals surface area contributed by atoms with Crippen LogP contribution in [0.25, 0.3) is 0 Å². The molecule has 7 heteroatoms. The van der Waals surface area contributed by atoms with Crippen LogP contribution in [-0.4, -0.2) is 35.6 Å². The van der Waals surface area contributed by atoms with Crippen LogP contribution in [0.3, 0.4) is 0 Å². The highest BCUT2D eigenvalue weighted by atomic mass is 35.5. The van der Waals surface area contributed by atoms with Gasteiger partial charge in [0.25, 0.3) is 0 Å². The average molecular weight is 389 g/mol. The molecule has 0 saturated carbocycles. The minimum atomic E-state index is -0.101. The summed E-state index contributed by atoms with van der Waals surface area (Å²) in [6, 6.07) is 5.36. The maximum atomic E-state index is 12.7. The molecular weight excluding hydrogens is 364 g/mol. The summed E-state index contributed by atoms with van der Waals surface area (Å²) in [4.78, 5) is 23.3. The van der Waals surface area contributed by atoms with E-state index in [-0.39, 0.29) is 11.8 Å². The minimum absolute atomic E-state index is 0.00416. The zero-order chi connectivity index (χ0) is 19.2. The van der Waals surface area contributed by atoms with Gasteiger partial charge in [0.15, 0.2) is 0 Å². The van der Waals surface area contributed by atoms with Gasteiger partial charge in [-0.25, -0.2) is 4.98 Å². The largest absolute Gasteiger partial charge is 0.492 e. The first-order valence-corrected chi connectivity index (χ1v) is 9.65. The Morgan fingerprint density at radius 3 is 2.96 bits per heavy atom. The van der Waals surface area contributed by atoms with E-state index in [4.69, 9.17) is 16.3 Å². The van der Waals surface area contributed by atoms with Crippen LogP contribution in [0.5, 0.6) is 5.75 Å². The van der Waals surface area contributed by atoms with Gasteiger partial charge in [-0.2, -0.15) is 0 Å². The summed E-state index contributed by atoms with van der Waals surface area (Å²) in [6.45, 7) is 6.28. The van der Waals surface area contributed by atoms with Crippen LogP contribution in [0, 0.1) is 11.8 Å². The number of halogens is 1. The average Bonchev–Trinajstić information content (AvgIpc) is 2.68. The van der Waals surface area contributed by atoms with Gasteiger partial charge in [-0.05, 0) is 37.0 Å². The molecule has 3 rings (SSSR count). The van der Waals surface area contributed by atoms with Crippen molar-refractivity contribution < 1.29 is 9.53 Å². The number of hydrogen-bond donors (Lipinski definition) is 1. The van der Waals surface area contributed by atoms with Gasteiger partial charge < -0.3 is 15.0 Å². The van der Waals surface area contributed by atoms with Crippen LogP contribution in [0.2, 0.25) is 5.02 Å². The molecule has 1 N–H and O–H groups in total. The van der Waals surface area contributed by atoms with Crippen molar-refractivity contribution in [3.8, 4) is 5.75 Å². The zero-order valence-corrected chi connectivity index (χ0v) is 16.4. The Morgan fingerprint density at radius 2 is 2.26 bits per heavy atom. The molecule has 0 bridgehead atoms. The summed E-state index contributed by atoms with van der Waals surface area (Å²) >= 11 is 6.29. The highest BCUT2D eigenvalue weighted by Gasteiger charge is 2.26. The molecule has 0 aliphatic carbocycles. The fourth-order valence-corrected chi connectivity index (χ4v) is 3.29. The van der Waals surface area contributed by atoms with Crippen molar-refractivity contribution in [3.05, 3.63) is 41.8 Å². The van der Waals surface area contributed by atoms with Gasteiger partial charge in [0.05, 0.1) is 23.7 Å². The predicted octanol–water partition coefficient (Wildman–Crippen LogP) is 4.02. The minimum Gasteiger partial charge on any atom is -0.492 e. The molecule has 0 spiro atoms. The summed E-state index contributed by atoms with van der Waals surface area (Å²) < 4.78 is 5.67. The third-order valence-corrected chi connectivity index (χ3v) is 4.73. The number of carbonyl (C=O) groups is 1. The predicted molar refractivity (Wildman–Crippen MR) is 107 cm³/mol. The number of anilines is 2. The van der Waals surface area contributed by atoms with Crippen LogP contribution in [-0.2, 0) is 4.79 Å². The van der Waals surface area contributed by atoms with E-state index in [9.17, 15) is 4.79 Å². The summed E-state index contributed by atoms with van der Waals surface area (Å²) in [5.74, 6) is 1.76. The highest BCUT2D eigenvalue weighted by molar-refractivity contribution is 6.32. The number of ether oxygens (including phenoxy) is 1. The Labute approximate surface area is 164 Å². The summed E-state index contributed by atoms with van der Waals surface area (Å²) in [6.07, 6.45) is 6.85. The number of nitrogens with zero attached hydrogens (tertiary/aromatic N) is 3. The number of amides is 1. The molecule has 1 atom stereocenters. The molecule has 27 heavy (non-hydrogen) atoms. The fourth-order valence-electron chi connectivity index (χ4n) is 3.05. The molecule has 1 aromatic heterocycles. The maximum absolute atomic E-state index is 12.7. The van der Waals surface area contributed by atoms with Crippen molar-refractivity contribution in [3.63, 3.8) is 0 Å². The molecule has 1 amide bonds. The lowest BCUT2D eigenvalue weighted by Crippen LogP contribution is -2.41. The quantitative estimate of drug-likeness (QED) is 0.809. The van der Waals surface area contributed by atoms with Crippen LogP contribution in [0.1, 0.15) is 26.7 Å². The number of rotatable bonds is 6. The van der Waals surface area contributed by atoms with Crippen molar-refractivity contribution in [1.82, 2.24) is 9.97 Å². The van der Waals surface area contributed by atoms with E-state index >= 15 is 0 Å². The van der Waals surface area contributed by atoms with Crippen molar-refractivity contribution in [1.29, 1.82) is 0 Å². The Kier molecular flexibility index (Phi) is 6.50. The number of hydrogen-bond acceptors (Lipinski definition) is 5. The van der Waals surface area contributed by atoms with Crippen molar-refractivity contribution in [2.75, 3.05) is 29.9 Å². The third-order valence-electron chi connectivity index (χ3n) is 4.44. The summed E-state index contributed by atoms with van der Waals surface area (Å²) in [7, 11) is 0. The number of carbonyl (C=O) groups excluding carboxylic acids is 1. The SMILES string of the molecule is CC(C)COc1ccc(NC(=O)C2CCCN(c3cnccn3)C2)cc1Cl. The molecule has 1 aromatic carbocycles. The molecule has 2 heterocycles. The number of piperidine rings is 1. The Hall–Kier alpha value is -2.34. The first kappa shape index (κ1) is 19.4. The van der Waals surface area contributed by atoms with E-state index in [1.54, 1.807) is 30.7 Å². The summed E-state index contributed by atoms with van der Waals surface area (Å²) in [5.41, 5.74) is 0.679. The van der Waals surface area contributed by atoms with Crippen molar-refractivity contribution in [2.45, 2.75) is 26.7 Å².